The Balaban J connectivity index is 1.55. The molecule has 13 heteroatoms. The molecular formula is C25H23F3N6O3S. The van der Waals surface area contributed by atoms with Gasteiger partial charge in [0.15, 0.2) is 6.04 Å². The molecule has 1 atom stereocenters. The summed E-state index contributed by atoms with van der Waals surface area (Å²) in [6.45, 7) is -0.557. The number of anilines is 1. The summed E-state index contributed by atoms with van der Waals surface area (Å²) in [6, 6.07) is 9.54. The fourth-order valence-electron chi connectivity index (χ4n) is 4.52. The van der Waals surface area contributed by atoms with Crippen LogP contribution >= 0.6 is 11.3 Å². The molecular weight excluding hydrogens is 521 g/mol. The van der Waals surface area contributed by atoms with Crippen molar-refractivity contribution in [3.05, 3.63) is 71.5 Å². The van der Waals surface area contributed by atoms with Gasteiger partial charge >= 0.3 is 6.18 Å². The van der Waals surface area contributed by atoms with Crippen LogP contribution in [0.2, 0.25) is 0 Å². The van der Waals surface area contributed by atoms with E-state index in [4.69, 9.17) is 4.42 Å². The maximum Gasteiger partial charge on any atom is 0.418 e. The summed E-state index contributed by atoms with van der Waals surface area (Å²) in [7, 11) is 0. The number of hydrogen-bond acceptors (Lipinski definition) is 7. The Hall–Kier alpha value is -4.00. The van der Waals surface area contributed by atoms with Crippen molar-refractivity contribution in [2.45, 2.75) is 50.5 Å². The molecule has 0 bridgehead atoms. The Bertz CT molecular complexity index is 1380. The number of para-hydroxylation sites is 1. The highest BCUT2D eigenvalue weighted by atomic mass is 32.1. The minimum Gasteiger partial charge on any atom is -0.467 e. The van der Waals surface area contributed by atoms with Crippen LogP contribution in [-0.2, 0) is 22.3 Å². The molecule has 198 valence electrons. The number of carbonyl (C=O) groups is 2. The highest BCUT2D eigenvalue weighted by Crippen LogP contribution is 2.40. The first-order chi connectivity index (χ1) is 18.3. The van der Waals surface area contributed by atoms with Gasteiger partial charge in [-0.05, 0) is 53.8 Å². The number of thiophene rings is 1. The van der Waals surface area contributed by atoms with Gasteiger partial charge in [-0.25, -0.2) is 0 Å². The zero-order chi connectivity index (χ0) is 26.7. The highest BCUT2D eigenvalue weighted by Gasteiger charge is 2.42. The molecule has 0 aliphatic heterocycles. The maximum absolute atomic E-state index is 14.1. The monoisotopic (exact) mass is 544 g/mol. The standard InChI is InChI=1S/C25H23F3N6O3S/c26-25(27,28)17-9-3-4-10-18(17)34(21(35)15-33-31-23(30-32-33)20-12-6-14-38-20)22(19-11-5-13-37-19)24(36)29-16-7-1-2-8-16/h3-6,9-14,16,22H,1-2,7-8,15H2,(H,29,36)/t22-/m1/s1. The maximum atomic E-state index is 14.1. The van der Waals surface area contributed by atoms with Crippen LogP contribution in [0.3, 0.4) is 0 Å². The van der Waals surface area contributed by atoms with Crippen LogP contribution in [0, 0.1) is 0 Å². The molecule has 1 aromatic carbocycles. The van der Waals surface area contributed by atoms with Crippen molar-refractivity contribution in [3.63, 3.8) is 0 Å². The lowest BCUT2D eigenvalue weighted by Crippen LogP contribution is -2.47. The minimum absolute atomic E-state index is 0.0247. The first-order valence-corrected chi connectivity index (χ1v) is 12.8. The highest BCUT2D eigenvalue weighted by molar-refractivity contribution is 7.13. The molecule has 1 aliphatic carbocycles. The summed E-state index contributed by atoms with van der Waals surface area (Å²) in [6.07, 6.45) is -0.130. The quantitative estimate of drug-likeness (QED) is 0.340. The van der Waals surface area contributed by atoms with Gasteiger partial charge in [-0.3, -0.25) is 14.5 Å². The van der Waals surface area contributed by atoms with Crippen molar-refractivity contribution in [3.8, 4) is 10.7 Å². The van der Waals surface area contributed by atoms with Gasteiger partial charge in [0.25, 0.3) is 11.8 Å². The first kappa shape index (κ1) is 25.6. The zero-order valence-electron chi connectivity index (χ0n) is 20.0. The molecule has 1 fully saturated rings. The zero-order valence-corrected chi connectivity index (χ0v) is 20.8. The second-order valence-corrected chi connectivity index (χ2v) is 9.76. The van der Waals surface area contributed by atoms with Gasteiger partial charge in [0.1, 0.15) is 12.3 Å². The molecule has 1 saturated carbocycles. The molecule has 0 spiro atoms. The smallest absolute Gasteiger partial charge is 0.418 e. The number of halogens is 3. The number of nitrogens with one attached hydrogen (secondary N) is 1. The second-order valence-electron chi connectivity index (χ2n) is 8.81. The van der Waals surface area contributed by atoms with Crippen LogP contribution in [-0.4, -0.2) is 38.1 Å². The van der Waals surface area contributed by atoms with E-state index >= 15 is 0 Å². The fraction of sp³-hybridized carbons (Fsp3) is 0.320. The number of rotatable bonds is 8. The second kappa shape index (κ2) is 10.8. The van der Waals surface area contributed by atoms with Crippen LogP contribution in [0.4, 0.5) is 18.9 Å². The van der Waals surface area contributed by atoms with E-state index in [0.29, 0.717) is 4.88 Å². The molecule has 9 nitrogen and oxygen atoms in total. The Morgan fingerprint density at radius 3 is 2.61 bits per heavy atom. The summed E-state index contributed by atoms with van der Waals surface area (Å²) in [5.74, 6) is -1.18. The minimum atomic E-state index is -4.79. The van der Waals surface area contributed by atoms with Crippen LogP contribution in [0.15, 0.2) is 64.6 Å². The number of amides is 2. The molecule has 4 aromatic rings. The number of hydrogen-bond donors (Lipinski definition) is 1. The van der Waals surface area contributed by atoms with Crippen molar-refractivity contribution in [2.24, 2.45) is 0 Å². The predicted octanol–water partition coefficient (Wildman–Crippen LogP) is 4.85. The average Bonchev–Trinajstić information content (AvgIpc) is 3.69. The van der Waals surface area contributed by atoms with Gasteiger partial charge in [0, 0.05) is 6.04 Å². The molecule has 0 unspecified atom stereocenters. The number of benzene rings is 1. The molecule has 1 aliphatic rings. The molecule has 5 rings (SSSR count). The number of furan rings is 1. The van der Waals surface area contributed by atoms with Crippen LogP contribution < -0.4 is 10.2 Å². The Morgan fingerprint density at radius 1 is 1.13 bits per heavy atom. The SMILES string of the molecule is O=C(NC1CCCC1)[C@@H](c1ccco1)N(C(=O)Cn1nnc(-c2cccs2)n1)c1ccccc1C(F)(F)F. The molecule has 3 aromatic heterocycles. The Morgan fingerprint density at radius 2 is 1.92 bits per heavy atom. The number of carbonyl (C=O) groups excluding carboxylic acids is 2. The molecule has 0 radical (unpaired) electrons. The third kappa shape index (κ3) is 5.47. The van der Waals surface area contributed by atoms with E-state index in [-0.39, 0.29) is 17.6 Å². The summed E-state index contributed by atoms with van der Waals surface area (Å²) in [4.78, 5) is 29.9. The summed E-state index contributed by atoms with van der Waals surface area (Å²) in [5, 5.41) is 16.8. The van der Waals surface area contributed by atoms with E-state index in [1.54, 1.807) is 12.1 Å². The fourth-order valence-corrected chi connectivity index (χ4v) is 5.17. The Kier molecular flexibility index (Phi) is 7.27. The van der Waals surface area contributed by atoms with E-state index in [1.165, 1.54) is 41.9 Å². The van der Waals surface area contributed by atoms with Gasteiger partial charge in [-0.2, -0.15) is 18.0 Å². The number of tetrazole rings is 1. The van der Waals surface area contributed by atoms with Gasteiger partial charge in [0.05, 0.1) is 22.4 Å². The van der Waals surface area contributed by atoms with E-state index in [2.05, 4.69) is 20.7 Å². The molecule has 0 saturated heterocycles. The van der Waals surface area contributed by atoms with E-state index in [1.807, 2.05) is 5.38 Å². The number of aromatic nitrogens is 4. The molecule has 2 amide bonds. The van der Waals surface area contributed by atoms with Crippen molar-refractivity contribution < 1.29 is 27.2 Å². The number of alkyl halides is 3. The van der Waals surface area contributed by atoms with Crippen LogP contribution in [0.5, 0.6) is 0 Å². The normalized spacial score (nSPS) is 14.9. The summed E-state index contributed by atoms with van der Waals surface area (Å²) in [5.41, 5.74) is -1.55. The third-order valence-corrected chi connectivity index (χ3v) is 7.10. The largest absolute Gasteiger partial charge is 0.467 e. The van der Waals surface area contributed by atoms with E-state index in [0.717, 1.165) is 47.5 Å². The van der Waals surface area contributed by atoms with Gasteiger partial charge < -0.3 is 9.73 Å². The topological polar surface area (TPSA) is 106 Å². The van der Waals surface area contributed by atoms with E-state index in [9.17, 15) is 22.8 Å². The summed E-state index contributed by atoms with van der Waals surface area (Å²) < 4.78 is 47.8. The van der Waals surface area contributed by atoms with Crippen molar-refractivity contribution >= 4 is 28.8 Å². The van der Waals surface area contributed by atoms with Crippen LogP contribution in [0.25, 0.3) is 10.7 Å². The molecule has 3 heterocycles. The van der Waals surface area contributed by atoms with Gasteiger partial charge in [-0.15, -0.1) is 21.5 Å². The Labute approximate surface area is 219 Å². The first-order valence-electron chi connectivity index (χ1n) is 11.9. The van der Waals surface area contributed by atoms with Crippen molar-refractivity contribution in [1.29, 1.82) is 0 Å². The van der Waals surface area contributed by atoms with E-state index < -0.39 is 41.8 Å². The molecule has 38 heavy (non-hydrogen) atoms. The van der Waals surface area contributed by atoms with Gasteiger partial charge in [0.2, 0.25) is 5.82 Å². The average molecular weight is 545 g/mol. The molecule has 1 N–H and O–H groups in total. The van der Waals surface area contributed by atoms with Gasteiger partial charge in [-0.1, -0.05) is 31.0 Å². The van der Waals surface area contributed by atoms with Crippen LogP contribution in [0.1, 0.15) is 43.0 Å². The van der Waals surface area contributed by atoms with Crippen molar-refractivity contribution in [2.75, 3.05) is 4.90 Å². The lowest BCUT2D eigenvalue weighted by atomic mass is 10.1. The predicted molar refractivity (Wildman–Crippen MR) is 132 cm³/mol. The third-order valence-electron chi connectivity index (χ3n) is 6.23. The van der Waals surface area contributed by atoms with Crippen molar-refractivity contribution in [1.82, 2.24) is 25.5 Å². The number of nitrogens with zero attached hydrogens (tertiary/aromatic N) is 5. The lowest BCUT2D eigenvalue weighted by Gasteiger charge is -2.32. The lowest BCUT2D eigenvalue weighted by molar-refractivity contribution is -0.137. The summed E-state index contributed by atoms with van der Waals surface area (Å²) >= 11 is 1.37.